The number of amides is 2. The van der Waals surface area contributed by atoms with Crippen LogP contribution in [0.1, 0.15) is 29.6 Å². The van der Waals surface area contributed by atoms with Crippen LogP contribution in [0.2, 0.25) is 0 Å². The van der Waals surface area contributed by atoms with Crippen molar-refractivity contribution < 1.29 is 28.4 Å². The van der Waals surface area contributed by atoms with Crippen LogP contribution in [0.5, 0.6) is 0 Å². The van der Waals surface area contributed by atoms with Gasteiger partial charge >= 0.3 is 12.1 Å². The first-order chi connectivity index (χ1) is 11.0. The molecule has 2 rings (SSSR count). The minimum atomic E-state index is -0.608. The average Bonchev–Trinajstić information content (AvgIpc) is 2.59. The van der Waals surface area contributed by atoms with Gasteiger partial charge in [-0.05, 0) is 25.3 Å². The molecule has 0 spiro atoms. The molecule has 23 heavy (non-hydrogen) atoms. The van der Waals surface area contributed by atoms with Gasteiger partial charge in [0.15, 0.2) is 12.4 Å². The van der Waals surface area contributed by atoms with E-state index in [0.29, 0.717) is 18.5 Å². The van der Waals surface area contributed by atoms with Crippen molar-refractivity contribution in [2.45, 2.75) is 32.0 Å². The zero-order valence-electron chi connectivity index (χ0n) is 12.9. The van der Waals surface area contributed by atoms with Gasteiger partial charge < -0.3 is 15.2 Å². The van der Waals surface area contributed by atoms with E-state index < -0.39 is 24.0 Å². The number of nitrogens with two attached hydrogens (primary N) is 1. The fraction of sp³-hybridized carbons (Fsp3) is 0.467. The van der Waals surface area contributed by atoms with E-state index in [4.69, 9.17) is 15.2 Å². The zero-order chi connectivity index (χ0) is 16.8. The quantitative estimate of drug-likeness (QED) is 0.630. The second-order valence-corrected chi connectivity index (χ2v) is 5.24. The van der Waals surface area contributed by atoms with Gasteiger partial charge in [0.1, 0.15) is 11.6 Å². The third-order valence-corrected chi connectivity index (χ3v) is 3.69. The van der Waals surface area contributed by atoms with Crippen LogP contribution in [-0.4, -0.2) is 42.6 Å². The summed E-state index contributed by atoms with van der Waals surface area (Å²) in [5.41, 5.74) is 5.52. The molecule has 8 heteroatoms. The highest BCUT2D eigenvalue weighted by atomic mass is 16.6. The first-order valence-corrected chi connectivity index (χ1v) is 7.33. The molecular weight excluding hydrogens is 302 g/mol. The van der Waals surface area contributed by atoms with E-state index >= 15 is 0 Å². The Morgan fingerprint density at radius 2 is 2.17 bits per heavy atom. The minimum Gasteiger partial charge on any atom is -0.467 e. The van der Waals surface area contributed by atoms with Gasteiger partial charge in [-0.25, -0.2) is 9.59 Å². The van der Waals surface area contributed by atoms with Crippen molar-refractivity contribution in [2.24, 2.45) is 5.73 Å². The molecule has 1 aromatic rings. The Kier molecular flexibility index (Phi) is 5.51. The van der Waals surface area contributed by atoms with Gasteiger partial charge in [-0.15, -0.1) is 0 Å². The average molecular weight is 322 g/mol. The Hall–Kier alpha value is -2.64. The predicted octanol–water partition coefficient (Wildman–Crippen LogP) is 0.195. The summed E-state index contributed by atoms with van der Waals surface area (Å²) in [6.45, 7) is 0.370. The number of primary amides is 1. The monoisotopic (exact) mass is 322 g/mol. The Bertz CT molecular complexity index is 605. The number of carbonyl (C=O) groups excluding carboxylic acids is 3. The fourth-order valence-corrected chi connectivity index (χ4v) is 2.49. The molecule has 1 atom stereocenters. The summed E-state index contributed by atoms with van der Waals surface area (Å²) in [6, 6.07) is 2.59. The topological polar surface area (TPSA) is 103 Å². The van der Waals surface area contributed by atoms with Gasteiger partial charge in [-0.2, -0.15) is 4.57 Å². The van der Waals surface area contributed by atoms with Crippen LogP contribution < -0.4 is 10.3 Å². The Labute approximate surface area is 133 Å². The molecule has 1 fully saturated rings. The number of hydrogen-bond acceptors (Lipinski definition) is 5. The van der Waals surface area contributed by atoms with Crippen LogP contribution in [0.3, 0.4) is 0 Å². The van der Waals surface area contributed by atoms with E-state index in [-0.39, 0.29) is 6.73 Å². The minimum absolute atomic E-state index is 0.0790. The summed E-state index contributed by atoms with van der Waals surface area (Å²) in [6.07, 6.45) is 4.78. The van der Waals surface area contributed by atoms with Crippen LogP contribution >= 0.6 is 0 Å². The summed E-state index contributed by atoms with van der Waals surface area (Å²) >= 11 is 0. The van der Waals surface area contributed by atoms with Crippen LogP contribution in [-0.2, 0) is 21.0 Å². The first-order valence-electron chi connectivity index (χ1n) is 7.33. The van der Waals surface area contributed by atoms with E-state index in [2.05, 4.69) is 0 Å². The molecule has 0 aromatic carbocycles. The van der Waals surface area contributed by atoms with Gasteiger partial charge in [0.25, 0.3) is 12.6 Å². The fourth-order valence-electron chi connectivity index (χ4n) is 2.49. The maximum Gasteiger partial charge on any atom is 0.415 e. The van der Waals surface area contributed by atoms with E-state index in [1.54, 1.807) is 18.3 Å². The molecule has 1 aromatic heterocycles. The summed E-state index contributed by atoms with van der Waals surface area (Å²) in [5.74, 6) is -1.00. The number of ether oxygens (including phenoxy) is 2. The molecule has 2 heterocycles. The lowest BCUT2D eigenvalue weighted by molar-refractivity contribution is -0.727. The molecule has 2 N–H and O–H groups in total. The third kappa shape index (κ3) is 4.18. The van der Waals surface area contributed by atoms with Gasteiger partial charge in [0, 0.05) is 12.6 Å². The van der Waals surface area contributed by atoms with Crippen molar-refractivity contribution in [1.29, 1.82) is 0 Å². The molecule has 1 saturated heterocycles. The lowest BCUT2D eigenvalue weighted by Crippen LogP contribution is -2.50. The Morgan fingerprint density at radius 1 is 1.39 bits per heavy atom. The lowest BCUT2D eigenvalue weighted by atomic mass is 10.0. The van der Waals surface area contributed by atoms with Crippen molar-refractivity contribution in [2.75, 3.05) is 13.7 Å². The van der Waals surface area contributed by atoms with Crippen molar-refractivity contribution in [3.63, 3.8) is 0 Å². The predicted molar refractivity (Wildman–Crippen MR) is 78.0 cm³/mol. The molecule has 1 unspecified atom stereocenters. The highest BCUT2D eigenvalue weighted by Crippen LogP contribution is 2.19. The molecule has 0 radical (unpaired) electrons. The number of likely N-dealkylation sites (tertiary alicyclic amines) is 1. The summed E-state index contributed by atoms with van der Waals surface area (Å²) in [4.78, 5) is 36.5. The molecule has 1 aliphatic heterocycles. The molecule has 2 amide bonds. The maximum absolute atomic E-state index is 12.2. The number of hydrogen-bond donors (Lipinski definition) is 1. The van der Waals surface area contributed by atoms with E-state index in [1.807, 2.05) is 0 Å². The van der Waals surface area contributed by atoms with Crippen molar-refractivity contribution in [3.05, 3.63) is 30.1 Å². The van der Waals surface area contributed by atoms with Gasteiger partial charge in [0.2, 0.25) is 0 Å². The number of nitrogens with zero attached hydrogens (tertiary/aromatic N) is 2. The number of esters is 1. The first kappa shape index (κ1) is 16.7. The zero-order valence-corrected chi connectivity index (χ0v) is 12.9. The number of piperidine rings is 1. The number of pyridine rings is 1. The van der Waals surface area contributed by atoms with Crippen molar-refractivity contribution in [3.8, 4) is 0 Å². The summed E-state index contributed by atoms with van der Waals surface area (Å²) < 4.78 is 11.5. The van der Waals surface area contributed by atoms with Crippen molar-refractivity contribution >= 4 is 18.0 Å². The SMILES string of the molecule is COC(=O)C1CCCCN1C(=O)OC[n+]1cccc(C(N)=O)c1. The molecule has 0 aliphatic carbocycles. The highest BCUT2D eigenvalue weighted by molar-refractivity contribution is 5.92. The second-order valence-electron chi connectivity index (χ2n) is 5.24. The van der Waals surface area contributed by atoms with Gasteiger partial charge in [-0.1, -0.05) is 0 Å². The van der Waals surface area contributed by atoms with Crippen LogP contribution in [0, 0.1) is 0 Å². The molecule has 8 nitrogen and oxygen atoms in total. The van der Waals surface area contributed by atoms with Crippen molar-refractivity contribution in [1.82, 2.24) is 4.90 Å². The number of carbonyl (C=O) groups is 3. The molecule has 0 bridgehead atoms. The largest absolute Gasteiger partial charge is 0.467 e. The Balaban J connectivity index is 1.99. The lowest BCUT2D eigenvalue weighted by Gasteiger charge is -2.32. The summed E-state index contributed by atoms with van der Waals surface area (Å²) in [7, 11) is 1.30. The summed E-state index contributed by atoms with van der Waals surface area (Å²) in [5, 5.41) is 0. The molecular formula is C15H20N3O5+. The van der Waals surface area contributed by atoms with Crippen LogP contribution in [0.25, 0.3) is 0 Å². The van der Waals surface area contributed by atoms with Crippen LogP contribution in [0.15, 0.2) is 24.5 Å². The highest BCUT2D eigenvalue weighted by Gasteiger charge is 2.34. The molecule has 0 saturated carbocycles. The normalized spacial score (nSPS) is 17.4. The maximum atomic E-state index is 12.2. The number of rotatable bonds is 4. The number of methoxy groups -OCH3 is 1. The van der Waals surface area contributed by atoms with Gasteiger partial charge in [0.05, 0.1) is 7.11 Å². The van der Waals surface area contributed by atoms with E-state index in [0.717, 1.165) is 12.8 Å². The second kappa shape index (κ2) is 7.57. The molecule has 124 valence electrons. The van der Waals surface area contributed by atoms with Crippen LogP contribution in [0.4, 0.5) is 4.79 Å². The van der Waals surface area contributed by atoms with E-state index in [9.17, 15) is 14.4 Å². The van der Waals surface area contributed by atoms with E-state index in [1.165, 1.54) is 22.8 Å². The molecule has 1 aliphatic rings. The Morgan fingerprint density at radius 3 is 2.87 bits per heavy atom. The smallest absolute Gasteiger partial charge is 0.415 e. The third-order valence-electron chi connectivity index (χ3n) is 3.69. The standard InChI is InChI=1S/C15H19N3O5/c1-22-14(20)12-6-2-3-8-18(12)15(21)23-10-17-7-4-5-11(9-17)13(16)19/h4-5,7,9,12H,2-3,6,8,10H2,1H3,(H-,16,19)/p+1. The number of aromatic nitrogens is 1. The van der Waals surface area contributed by atoms with Gasteiger partial charge in [-0.3, -0.25) is 9.69 Å².